The van der Waals surface area contributed by atoms with Crippen LogP contribution < -0.4 is 0 Å². The molecule has 1 fully saturated rings. The Bertz CT molecular complexity index is 121. The maximum absolute atomic E-state index is 8.93. The quantitative estimate of drug-likeness (QED) is 0.690. The molecule has 0 radical (unpaired) electrons. The number of rotatable bonds is 3. The zero-order valence-electron chi connectivity index (χ0n) is 6.82. The summed E-state index contributed by atoms with van der Waals surface area (Å²) in [5.41, 5.74) is 0. The molecule has 3 atom stereocenters. The second-order valence-corrected chi connectivity index (χ2v) is 5.41. The molecule has 0 aromatic carbocycles. The molecule has 4 heteroatoms. The lowest BCUT2D eigenvalue weighted by molar-refractivity contribution is 0.0213. The van der Waals surface area contributed by atoms with Crippen molar-refractivity contribution >= 4 is 21.6 Å². The summed E-state index contributed by atoms with van der Waals surface area (Å²) in [7, 11) is 3.55. The first-order valence-corrected chi connectivity index (χ1v) is 6.35. The van der Waals surface area contributed by atoms with Crippen molar-refractivity contribution in [2.24, 2.45) is 0 Å². The highest BCUT2D eigenvalue weighted by molar-refractivity contribution is 8.76. The van der Waals surface area contributed by atoms with Crippen molar-refractivity contribution in [2.75, 3.05) is 12.9 Å². The van der Waals surface area contributed by atoms with Crippen LogP contribution in [-0.2, 0) is 4.74 Å². The Morgan fingerprint density at radius 1 is 1.64 bits per heavy atom. The van der Waals surface area contributed by atoms with E-state index in [9.17, 15) is 0 Å². The standard InChI is InChI=1S/C7H14O2S2/c1-5-3-7(11-10-2)6(4-8)9-5/h5-8H,3-4H2,1-2H3/t5-,6+,7?/m0/s1. The summed E-state index contributed by atoms with van der Waals surface area (Å²) in [6, 6.07) is 0. The molecule has 0 spiro atoms. The summed E-state index contributed by atoms with van der Waals surface area (Å²) in [6.45, 7) is 2.21. The van der Waals surface area contributed by atoms with Gasteiger partial charge in [0.2, 0.25) is 0 Å². The van der Waals surface area contributed by atoms with Crippen molar-refractivity contribution in [3.05, 3.63) is 0 Å². The summed E-state index contributed by atoms with van der Waals surface area (Å²) >= 11 is 0. The van der Waals surface area contributed by atoms with E-state index in [4.69, 9.17) is 9.84 Å². The summed E-state index contributed by atoms with van der Waals surface area (Å²) in [6.07, 6.45) is 3.50. The van der Waals surface area contributed by atoms with Crippen LogP contribution in [0.1, 0.15) is 13.3 Å². The first kappa shape index (κ1) is 9.71. The Kier molecular flexibility index (Phi) is 4.06. The van der Waals surface area contributed by atoms with E-state index in [-0.39, 0.29) is 12.7 Å². The first-order chi connectivity index (χ1) is 5.27. The van der Waals surface area contributed by atoms with Crippen LogP contribution in [0.25, 0.3) is 0 Å². The minimum absolute atomic E-state index is 0.0578. The van der Waals surface area contributed by atoms with Crippen LogP contribution >= 0.6 is 21.6 Å². The lowest BCUT2D eigenvalue weighted by atomic mass is 10.2. The molecule has 0 aromatic rings. The largest absolute Gasteiger partial charge is 0.394 e. The number of aliphatic hydroxyl groups excluding tert-OH is 1. The highest BCUT2D eigenvalue weighted by Gasteiger charge is 2.32. The van der Waals surface area contributed by atoms with Crippen LogP contribution in [0.2, 0.25) is 0 Å². The number of hydrogen-bond donors (Lipinski definition) is 1. The highest BCUT2D eigenvalue weighted by Crippen LogP contribution is 2.35. The van der Waals surface area contributed by atoms with Gasteiger partial charge in [-0.2, -0.15) is 0 Å². The molecule has 11 heavy (non-hydrogen) atoms. The Hall–Kier alpha value is 0.620. The number of aliphatic hydroxyl groups is 1. The van der Waals surface area contributed by atoms with Gasteiger partial charge >= 0.3 is 0 Å². The van der Waals surface area contributed by atoms with Crippen LogP contribution in [-0.4, -0.2) is 35.4 Å². The van der Waals surface area contributed by atoms with Gasteiger partial charge in [0.05, 0.1) is 18.8 Å². The van der Waals surface area contributed by atoms with E-state index in [0.717, 1.165) is 6.42 Å². The van der Waals surface area contributed by atoms with E-state index < -0.39 is 0 Å². The van der Waals surface area contributed by atoms with E-state index in [0.29, 0.717) is 11.4 Å². The third-order valence-electron chi connectivity index (χ3n) is 1.79. The predicted octanol–water partition coefficient (Wildman–Crippen LogP) is 1.54. The second kappa shape index (κ2) is 4.60. The predicted molar refractivity (Wildman–Crippen MR) is 50.9 cm³/mol. The zero-order chi connectivity index (χ0) is 8.27. The van der Waals surface area contributed by atoms with Gasteiger partial charge in [-0.05, 0) is 19.6 Å². The summed E-state index contributed by atoms with van der Waals surface area (Å²) in [5.74, 6) is 0. The van der Waals surface area contributed by atoms with Crippen LogP contribution in [0.5, 0.6) is 0 Å². The number of ether oxygens (including phenoxy) is 1. The van der Waals surface area contributed by atoms with Gasteiger partial charge in [0, 0.05) is 5.25 Å². The fourth-order valence-electron chi connectivity index (χ4n) is 1.31. The van der Waals surface area contributed by atoms with Gasteiger partial charge in [-0.1, -0.05) is 21.6 Å². The van der Waals surface area contributed by atoms with Crippen LogP contribution in [0.4, 0.5) is 0 Å². The molecule has 1 aliphatic rings. The summed E-state index contributed by atoms with van der Waals surface area (Å²) in [5, 5.41) is 9.41. The molecule has 1 rings (SSSR count). The third-order valence-corrected chi connectivity index (χ3v) is 4.04. The normalized spacial score (nSPS) is 37.9. The van der Waals surface area contributed by atoms with Gasteiger partial charge in [0.15, 0.2) is 0 Å². The van der Waals surface area contributed by atoms with Crippen molar-refractivity contribution in [1.82, 2.24) is 0 Å². The topological polar surface area (TPSA) is 29.5 Å². The molecular weight excluding hydrogens is 180 g/mol. The van der Waals surface area contributed by atoms with Gasteiger partial charge in [0.1, 0.15) is 0 Å². The minimum atomic E-state index is 0.0578. The Balaban J connectivity index is 2.37. The second-order valence-electron chi connectivity index (χ2n) is 2.70. The van der Waals surface area contributed by atoms with Crippen LogP contribution in [0.15, 0.2) is 0 Å². The molecule has 1 N–H and O–H groups in total. The molecule has 0 amide bonds. The average molecular weight is 194 g/mol. The SMILES string of the molecule is CSSC1C[C@H](C)O[C@@H]1CO. The third kappa shape index (κ3) is 2.54. The van der Waals surface area contributed by atoms with E-state index >= 15 is 0 Å². The summed E-state index contributed by atoms with van der Waals surface area (Å²) < 4.78 is 5.49. The Morgan fingerprint density at radius 3 is 2.91 bits per heavy atom. The van der Waals surface area contributed by atoms with Gasteiger partial charge in [0.25, 0.3) is 0 Å². The molecule has 0 aliphatic carbocycles. The first-order valence-electron chi connectivity index (χ1n) is 3.73. The van der Waals surface area contributed by atoms with Crippen LogP contribution in [0.3, 0.4) is 0 Å². The fraction of sp³-hybridized carbons (Fsp3) is 1.00. The minimum Gasteiger partial charge on any atom is -0.394 e. The molecule has 0 saturated carbocycles. The van der Waals surface area contributed by atoms with Crippen molar-refractivity contribution in [1.29, 1.82) is 0 Å². The van der Waals surface area contributed by atoms with Crippen molar-refractivity contribution in [2.45, 2.75) is 30.8 Å². The van der Waals surface area contributed by atoms with Gasteiger partial charge in [-0.25, -0.2) is 0 Å². The molecule has 66 valence electrons. The zero-order valence-corrected chi connectivity index (χ0v) is 8.45. The van der Waals surface area contributed by atoms with E-state index in [1.807, 2.05) is 0 Å². The molecule has 0 aromatic heterocycles. The van der Waals surface area contributed by atoms with Crippen LogP contribution in [0, 0.1) is 0 Å². The summed E-state index contributed by atoms with van der Waals surface area (Å²) in [4.78, 5) is 0. The van der Waals surface area contributed by atoms with Gasteiger partial charge < -0.3 is 9.84 Å². The molecule has 2 nitrogen and oxygen atoms in total. The Morgan fingerprint density at radius 2 is 2.36 bits per heavy atom. The van der Waals surface area contributed by atoms with Crippen molar-refractivity contribution < 1.29 is 9.84 Å². The Labute approximate surface area is 75.5 Å². The van der Waals surface area contributed by atoms with E-state index in [1.54, 1.807) is 21.6 Å². The lowest BCUT2D eigenvalue weighted by Crippen LogP contribution is -2.21. The molecule has 1 unspecified atom stereocenters. The van der Waals surface area contributed by atoms with Crippen molar-refractivity contribution in [3.8, 4) is 0 Å². The fourth-order valence-corrected chi connectivity index (χ4v) is 3.53. The molecular formula is C7H14O2S2. The monoisotopic (exact) mass is 194 g/mol. The number of hydrogen-bond acceptors (Lipinski definition) is 4. The molecule has 1 heterocycles. The van der Waals surface area contributed by atoms with Gasteiger partial charge in [-0.15, -0.1) is 0 Å². The van der Waals surface area contributed by atoms with E-state index in [2.05, 4.69) is 13.2 Å². The smallest absolute Gasteiger partial charge is 0.0936 e. The van der Waals surface area contributed by atoms with Gasteiger partial charge in [-0.3, -0.25) is 0 Å². The maximum atomic E-state index is 8.93. The molecule has 0 bridgehead atoms. The molecule has 1 saturated heterocycles. The van der Waals surface area contributed by atoms with Crippen molar-refractivity contribution in [3.63, 3.8) is 0 Å². The molecule has 1 aliphatic heterocycles. The van der Waals surface area contributed by atoms with E-state index in [1.165, 1.54) is 0 Å². The highest BCUT2D eigenvalue weighted by atomic mass is 33.1. The maximum Gasteiger partial charge on any atom is 0.0936 e. The lowest BCUT2D eigenvalue weighted by Gasteiger charge is -2.13. The average Bonchev–Trinajstić information content (AvgIpc) is 2.32.